The standard InChI is InChI=1S/C16H34OSi/c1-3-4-5-6-7-8-9-10-12-15-18(2)16-13-11-14-17-18/h3-16H2,1-2H3. The van der Waals surface area contributed by atoms with Crippen LogP contribution < -0.4 is 0 Å². The first-order valence-corrected chi connectivity index (χ1v) is 11.2. The lowest BCUT2D eigenvalue weighted by Crippen LogP contribution is -2.37. The van der Waals surface area contributed by atoms with Crippen molar-refractivity contribution in [2.75, 3.05) is 6.61 Å². The molecular weight excluding hydrogens is 236 g/mol. The molecule has 1 aliphatic heterocycles. The molecule has 1 rings (SSSR count). The molecule has 0 aliphatic carbocycles. The van der Waals surface area contributed by atoms with Gasteiger partial charge in [0.2, 0.25) is 0 Å². The summed E-state index contributed by atoms with van der Waals surface area (Å²) >= 11 is 0. The fraction of sp³-hybridized carbons (Fsp3) is 1.00. The van der Waals surface area contributed by atoms with E-state index in [1.54, 1.807) is 0 Å². The summed E-state index contributed by atoms with van der Waals surface area (Å²) in [5, 5.41) is 0. The van der Waals surface area contributed by atoms with Crippen LogP contribution in [-0.4, -0.2) is 14.9 Å². The Morgan fingerprint density at radius 3 is 2.00 bits per heavy atom. The third kappa shape index (κ3) is 7.58. The zero-order valence-corrected chi connectivity index (χ0v) is 13.8. The van der Waals surface area contributed by atoms with Gasteiger partial charge in [0.25, 0.3) is 0 Å². The number of hydrogen-bond acceptors (Lipinski definition) is 1. The minimum atomic E-state index is -1.22. The Hall–Kier alpha value is 0.177. The van der Waals surface area contributed by atoms with Crippen molar-refractivity contribution in [1.82, 2.24) is 0 Å². The van der Waals surface area contributed by atoms with Crippen molar-refractivity contribution >= 4 is 8.32 Å². The molecule has 2 heteroatoms. The van der Waals surface area contributed by atoms with E-state index < -0.39 is 8.32 Å². The molecule has 18 heavy (non-hydrogen) atoms. The SMILES string of the molecule is CCCCCCCCCCC[Si]1(C)CCCCO1. The van der Waals surface area contributed by atoms with Gasteiger partial charge >= 0.3 is 0 Å². The molecule has 0 bridgehead atoms. The van der Waals surface area contributed by atoms with E-state index >= 15 is 0 Å². The lowest BCUT2D eigenvalue weighted by molar-refractivity contribution is 0.269. The van der Waals surface area contributed by atoms with Crippen LogP contribution in [0.5, 0.6) is 0 Å². The van der Waals surface area contributed by atoms with E-state index in [9.17, 15) is 0 Å². The monoisotopic (exact) mass is 270 g/mol. The molecule has 0 spiro atoms. The van der Waals surface area contributed by atoms with Crippen LogP contribution in [0.1, 0.15) is 77.6 Å². The number of rotatable bonds is 10. The summed E-state index contributed by atoms with van der Waals surface area (Å²) in [5.74, 6) is 0. The Kier molecular flexibility index (Phi) is 9.04. The first-order chi connectivity index (χ1) is 8.77. The molecule has 1 fully saturated rings. The summed E-state index contributed by atoms with van der Waals surface area (Å²) in [6, 6.07) is 2.84. The van der Waals surface area contributed by atoms with Gasteiger partial charge in [0, 0.05) is 6.61 Å². The highest BCUT2D eigenvalue weighted by Crippen LogP contribution is 2.27. The molecule has 1 nitrogen and oxygen atoms in total. The Bertz CT molecular complexity index is 188. The van der Waals surface area contributed by atoms with Gasteiger partial charge in [-0.2, -0.15) is 0 Å². The summed E-state index contributed by atoms with van der Waals surface area (Å²) < 4.78 is 6.08. The van der Waals surface area contributed by atoms with Crippen molar-refractivity contribution in [2.45, 2.75) is 96.2 Å². The summed E-state index contributed by atoms with van der Waals surface area (Å²) in [6.07, 6.45) is 15.7. The van der Waals surface area contributed by atoms with Crippen molar-refractivity contribution in [2.24, 2.45) is 0 Å². The quantitative estimate of drug-likeness (QED) is 0.354. The number of unbranched alkanes of at least 4 members (excludes halogenated alkanes) is 8. The van der Waals surface area contributed by atoms with Crippen LogP contribution in [0.15, 0.2) is 0 Å². The third-order valence-electron chi connectivity index (χ3n) is 4.36. The van der Waals surface area contributed by atoms with Crippen molar-refractivity contribution in [3.05, 3.63) is 0 Å². The molecule has 0 saturated carbocycles. The molecule has 0 amide bonds. The van der Waals surface area contributed by atoms with Gasteiger partial charge < -0.3 is 4.43 Å². The Morgan fingerprint density at radius 2 is 1.44 bits per heavy atom. The molecule has 1 unspecified atom stereocenters. The average molecular weight is 271 g/mol. The molecule has 0 radical (unpaired) electrons. The highest BCUT2D eigenvalue weighted by molar-refractivity contribution is 6.72. The first kappa shape index (κ1) is 16.2. The highest BCUT2D eigenvalue weighted by Gasteiger charge is 2.30. The Balaban J connectivity index is 1.86. The van der Waals surface area contributed by atoms with Gasteiger partial charge in [-0.3, -0.25) is 0 Å². The molecule has 0 aromatic heterocycles. The number of hydrogen-bond donors (Lipinski definition) is 0. The summed E-state index contributed by atoms with van der Waals surface area (Å²) in [7, 11) is -1.22. The lowest BCUT2D eigenvalue weighted by Gasteiger charge is -2.31. The zero-order valence-electron chi connectivity index (χ0n) is 12.8. The molecule has 1 atom stereocenters. The fourth-order valence-electron chi connectivity index (χ4n) is 3.00. The normalized spacial score (nSPS) is 24.3. The average Bonchev–Trinajstić information content (AvgIpc) is 2.38. The maximum Gasteiger partial charge on any atom is 0.189 e. The van der Waals surface area contributed by atoms with E-state index in [1.165, 1.54) is 82.7 Å². The fourth-order valence-corrected chi connectivity index (χ4v) is 6.17. The van der Waals surface area contributed by atoms with Crippen molar-refractivity contribution in [1.29, 1.82) is 0 Å². The topological polar surface area (TPSA) is 9.23 Å². The second kappa shape index (κ2) is 10.0. The van der Waals surface area contributed by atoms with Crippen LogP contribution in [0.3, 0.4) is 0 Å². The van der Waals surface area contributed by atoms with Gasteiger partial charge in [-0.05, 0) is 25.1 Å². The second-order valence-corrected chi connectivity index (χ2v) is 10.5. The molecular formula is C16H34OSi. The van der Waals surface area contributed by atoms with E-state index in [4.69, 9.17) is 4.43 Å². The Morgan fingerprint density at radius 1 is 0.833 bits per heavy atom. The predicted molar refractivity (Wildman–Crippen MR) is 83.6 cm³/mol. The van der Waals surface area contributed by atoms with Crippen molar-refractivity contribution in [3.8, 4) is 0 Å². The smallest absolute Gasteiger partial charge is 0.189 e. The summed E-state index contributed by atoms with van der Waals surface area (Å²) in [6.45, 7) is 5.80. The second-order valence-electron chi connectivity index (χ2n) is 6.33. The van der Waals surface area contributed by atoms with Crippen LogP contribution in [0.2, 0.25) is 18.6 Å². The Labute approximate surface area is 116 Å². The third-order valence-corrected chi connectivity index (χ3v) is 8.08. The molecule has 1 aliphatic rings. The van der Waals surface area contributed by atoms with Gasteiger partial charge in [-0.25, -0.2) is 0 Å². The predicted octanol–water partition coefficient (Wildman–Crippen LogP) is 5.90. The van der Waals surface area contributed by atoms with Gasteiger partial charge in [0.1, 0.15) is 0 Å². The molecule has 0 N–H and O–H groups in total. The molecule has 108 valence electrons. The van der Waals surface area contributed by atoms with Gasteiger partial charge in [0.15, 0.2) is 8.32 Å². The van der Waals surface area contributed by atoms with Crippen LogP contribution in [-0.2, 0) is 4.43 Å². The van der Waals surface area contributed by atoms with E-state index in [-0.39, 0.29) is 0 Å². The van der Waals surface area contributed by atoms with Gasteiger partial charge in [0.05, 0.1) is 0 Å². The van der Waals surface area contributed by atoms with Gasteiger partial charge in [-0.15, -0.1) is 0 Å². The summed E-state index contributed by atoms with van der Waals surface area (Å²) in [5.41, 5.74) is 0. The van der Waals surface area contributed by atoms with E-state index in [0.29, 0.717) is 0 Å². The first-order valence-electron chi connectivity index (χ1n) is 8.41. The highest BCUT2D eigenvalue weighted by atomic mass is 28.4. The molecule has 0 aromatic carbocycles. The van der Waals surface area contributed by atoms with Gasteiger partial charge in [-0.1, -0.05) is 71.1 Å². The minimum Gasteiger partial charge on any atom is -0.417 e. The largest absolute Gasteiger partial charge is 0.417 e. The van der Waals surface area contributed by atoms with E-state index in [2.05, 4.69) is 13.5 Å². The van der Waals surface area contributed by atoms with E-state index in [1.807, 2.05) is 0 Å². The lowest BCUT2D eigenvalue weighted by atomic mass is 10.1. The molecule has 1 saturated heterocycles. The van der Waals surface area contributed by atoms with Crippen LogP contribution >= 0.6 is 0 Å². The van der Waals surface area contributed by atoms with E-state index in [0.717, 1.165) is 6.61 Å². The van der Waals surface area contributed by atoms with Crippen LogP contribution in [0.4, 0.5) is 0 Å². The zero-order chi connectivity index (χ0) is 13.1. The maximum atomic E-state index is 6.08. The maximum absolute atomic E-state index is 6.08. The van der Waals surface area contributed by atoms with Crippen molar-refractivity contribution in [3.63, 3.8) is 0 Å². The summed E-state index contributed by atoms with van der Waals surface area (Å²) in [4.78, 5) is 0. The molecule has 1 heterocycles. The minimum absolute atomic E-state index is 1.06. The van der Waals surface area contributed by atoms with Crippen molar-refractivity contribution < 1.29 is 4.43 Å². The van der Waals surface area contributed by atoms with Crippen LogP contribution in [0.25, 0.3) is 0 Å². The van der Waals surface area contributed by atoms with Crippen LogP contribution in [0, 0.1) is 0 Å². The molecule has 0 aromatic rings.